The van der Waals surface area contributed by atoms with Crippen LogP contribution in [0, 0.1) is 12.7 Å². The number of halogens is 1. The molecule has 1 N–H and O–H groups in total. The Bertz CT molecular complexity index is 888. The van der Waals surface area contributed by atoms with Crippen molar-refractivity contribution in [2.24, 2.45) is 7.05 Å². The average Bonchev–Trinajstić information content (AvgIpc) is 3.23. The molecule has 130 valence electrons. The highest BCUT2D eigenvalue weighted by atomic mass is 32.2. The fraction of sp³-hybridized carbons (Fsp3) is 0.222. The van der Waals surface area contributed by atoms with E-state index >= 15 is 0 Å². The van der Waals surface area contributed by atoms with Crippen LogP contribution in [-0.2, 0) is 19.3 Å². The summed E-state index contributed by atoms with van der Waals surface area (Å²) in [6.07, 6.45) is 3.61. The molecule has 0 atom stereocenters. The number of nitrogens with zero attached hydrogens (tertiary/aromatic N) is 2. The Morgan fingerprint density at radius 3 is 2.92 bits per heavy atom. The molecule has 1 aromatic carbocycles. The highest BCUT2D eigenvalue weighted by Crippen LogP contribution is 2.22. The molecule has 3 aromatic rings. The van der Waals surface area contributed by atoms with Crippen LogP contribution in [0.4, 0.5) is 4.39 Å². The minimum Gasteiger partial charge on any atom is -0.455 e. The molecule has 3 rings (SSSR count). The lowest BCUT2D eigenvalue weighted by molar-refractivity contribution is 0.0921. The third kappa shape index (κ3) is 4.30. The minimum atomic E-state index is -0.325. The molecule has 7 heteroatoms. The molecule has 5 nitrogen and oxygen atoms in total. The molecule has 2 aromatic heterocycles. The van der Waals surface area contributed by atoms with Crippen LogP contribution in [0.25, 0.3) is 0 Å². The number of imidazole rings is 1. The topological polar surface area (TPSA) is 60.1 Å². The first kappa shape index (κ1) is 17.3. The molecular formula is C18H18FN3O2S. The van der Waals surface area contributed by atoms with Crippen molar-refractivity contribution in [2.45, 2.75) is 24.4 Å². The third-order valence-electron chi connectivity index (χ3n) is 3.70. The van der Waals surface area contributed by atoms with Gasteiger partial charge in [-0.05, 0) is 36.2 Å². The van der Waals surface area contributed by atoms with Crippen LogP contribution in [0.15, 0.2) is 52.3 Å². The first-order valence-corrected chi connectivity index (χ1v) is 8.73. The van der Waals surface area contributed by atoms with Gasteiger partial charge >= 0.3 is 0 Å². The van der Waals surface area contributed by atoms with Crippen molar-refractivity contribution in [3.63, 3.8) is 0 Å². The van der Waals surface area contributed by atoms with Gasteiger partial charge in [-0.25, -0.2) is 9.37 Å². The predicted octanol–water partition coefficient (Wildman–Crippen LogP) is 3.68. The van der Waals surface area contributed by atoms with Gasteiger partial charge in [0, 0.05) is 26.0 Å². The second kappa shape index (κ2) is 7.57. The summed E-state index contributed by atoms with van der Waals surface area (Å²) >= 11 is 1.53. The molecule has 0 saturated heterocycles. The fourth-order valence-electron chi connectivity index (χ4n) is 2.22. The number of carbonyl (C=O) groups excluding carboxylic acids is 1. The fourth-order valence-corrected chi connectivity index (χ4v) is 3.05. The van der Waals surface area contributed by atoms with Crippen LogP contribution in [0.5, 0.6) is 0 Å². The number of carbonyl (C=O) groups is 1. The molecule has 0 aliphatic heterocycles. The number of aromatic nitrogens is 2. The zero-order valence-electron chi connectivity index (χ0n) is 14.0. The zero-order valence-corrected chi connectivity index (χ0v) is 14.8. The zero-order chi connectivity index (χ0) is 17.8. The molecule has 0 aliphatic rings. The van der Waals surface area contributed by atoms with Crippen molar-refractivity contribution in [3.8, 4) is 0 Å². The quantitative estimate of drug-likeness (QED) is 0.682. The van der Waals surface area contributed by atoms with Gasteiger partial charge in [0.2, 0.25) is 0 Å². The molecule has 0 bridgehead atoms. The molecule has 1 amide bonds. The summed E-state index contributed by atoms with van der Waals surface area (Å²) in [5.74, 6) is 0.913. The number of thioether (sulfide) groups is 1. The Kier molecular flexibility index (Phi) is 5.23. The smallest absolute Gasteiger partial charge is 0.287 e. The van der Waals surface area contributed by atoms with Gasteiger partial charge in [-0.1, -0.05) is 23.9 Å². The van der Waals surface area contributed by atoms with Crippen LogP contribution < -0.4 is 5.32 Å². The van der Waals surface area contributed by atoms with Crippen molar-refractivity contribution in [1.29, 1.82) is 0 Å². The number of hydrogen-bond acceptors (Lipinski definition) is 4. The monoisotopic (exact) mass is 359 g/mol. The Labute approximate surface area is 149 Å². The molecule has 0 saturated carbocycles. The van der Waals surface area contributed by atoms with Crippen LogP contribution >= 0.6 is 11.8 Å². The van der Waals surface area contributed by atoms with Crippen molar-refractivity contribution >= 4 is 17.7 Å². The summed E-state index contributed by atoms with van der Waals surface area (Å²) in [7, 11) is 1.92. The lowest BCUT2D eigenvalue weighted by Gasteiger charge is -2.05. The van der Waals surface area contributed by atoms with Crippen molar-refractivity contribution in [3.05, 3.63) is 71.2 Å². The maximum absolute atomic E-state index is 13.5. The lowest BCUT2D eigenvalue weighted by Crippen LogP contribution is -2.22. The number of furan rings is 1. The normalized spacial score (nSPS) is 10.8. The van der Waals surface area contributed by atoms with E-state index in [0.29, 0.717) is 22.6 Å². The predicted molar refractivity (Wildman–Crippen MR) is 93.8 cm³/mol. The molecule has 0 fully saturated rings. The summed E-state index contributed by atoms with van der Waals surface area (Å²) in [6, 6.07) is 8.31. The van der Waals surface area contributed by atoms with Gasteiger partial charge in [-0.3, -0.25) is 4.79 Å². The van der Waals surface area contributed by atoms with Crippen LogP contribution in [0.3, 0.4) is 0 Å². The Hall–Kier alpha value is -2.54. The maximum atomic E-state index is 13.5. The minimum absolute atomic E-state index is 0.239. The van der Waals surface area contributed by atoms with Crippen molar-refractivity contribution in [1.82, 2.24) is 14.9 Å². The largest absolute Gasteiger partial charge is 0.455 e. The number of amides is 1. The Balaban J connectivity index is 1.55. The second-order valence-corrected chi connectivity index (χ2v) is 6.58. The van der Waals surface area contributed by atoms with Crippen LogP contribution in [0.2, 0.25) is 0 Å². The van der Waals surface area contributed by atoms with Crippen LogP contribution in [0.1, 0.15) is 27.4 Å². The van der Waals surface area contributed by atoms with E-state index in [0.717, 1.165) is 5.16 Å². The highest BCUT2D eigenvalue weighted by Gasteiger charge is 2.12. The van der Waals surface area contributed by atoms with E-state index in [4.69, 9.17) is 4.42 Å². The van der Waals surface area contributed by atoms with E-state index in [-0.39, 0.29) is 24.0 Å². The van der Waals surface area contributed by atoms with Gasteiger partial charge < -0.3 is 14.3 Å². The standard InChI is InChI=1S/C18H18FN3O2S/c1-12-3-4-13(9-15(12)19)10-21-17(23)16-6-5-14(24-16)11-25-18-20-7-8-22(18)2/h3-9H,10-11H2,1-2H3,(H,21,23). The first-order chi connectivity index (χ1) is 12.0. The van der Waals surface area contributed by atoms with Crippen molar-refractivity contribution < 1.29 is 13.6 Å². The SMILES string of the molecule is Cc1ccc(CNC(=O)c2ccc(CSc3nccn3C)o2)cc1F. The van der Waals surface area contributed by atoms with E-state index in [1.165, 1.54) is 17.8 Å². The Morgan fingerprint density at radius 2 is 2.20 bits per heavy atom. The summed E-state index contributed by atoms with van der Waals surface area (Å²) in [5.41, 5.74) is 1.28. The molecule has 0 radical (unpaired) electrons. The van der Waals surface area contributed by atoms with E-state index in [1.807, 2.05) is 17.8 Å². The summed E-state index contributed by atoms with van der Waals surface area (Å²) < 4.78 is 21.0. The molecule has 0 spiro atoms. The van der Waals surface area contributed by atoms with Gasteiger partial charge in [0.25, 0.3) is 5.91 Å². The van der Waals surface area contributed by atoms with Gasteiger partial charge in [0.1, 0.15) is 11.6 Å². The van der Waals surface area contributed by atoms with Gasteiger partial charge in [0.15, 0.2) is 10.9 Å². The third-order valence-corrected chi connectivity index (χ3v) is 4.78. The maximum Gasteiger partial charge on any atom is 0.287 e. The molecular weight excluding hydrogens is 341 g/mol. The molecule has 2 heterocycles. The van der Waals surface area contributed by atoms with Crippen LogP contribution in [-0.4, -0.2) is 15.5 Å². The van der Waals surface area contributed by atoms with E-state index in [1.54, 1.807) is 37.4 Å². The van der Waals surface area contributed by atoms with Gasteiger partial charge in [-0.15, -0.1) is 0 Å². The first-order valence-electron chi connectivity index (χ1n) is 7.75. The van der Waals surface area contributed by atoms with Gasteiger partial charge in [-0.2, -0.15) is 0 Å². The number of nitrogens with one attached hydrogen (secondary N) is 1. The highest BCUT2D eigenvalue weighted by molar-refractivity contribution is 7.98. The van der Waals surface area contributed by atoms with Crippen molar-refractivity contribution in [2.75, 3.05) is 0 Å². The van der Waals surface area contributed by atoms with Gasteiger partial charge in [0.05, 0.1) is 5.75 Å². The number of hydrogen-bond donors (Lipinski definition) is 1. The average molecular weight is 359 g/mol. The molecule has 25 heavy (non-hydrogen) atoms. The van der Waals surface area contributed by atoms with E-state index in [2.05, 4.69) is 10.3 Å². The number of benzene rings is 1. The van der Waals surface area contributed by atoms with E-state index < -0.39 is 0 Å². The summed E-state index contributed by atoms with van der Waals surface area (Å²) in [6.45, 7) is 1.94. The molecule has 0 aliphatic carbocycles. The lowest BCUT2D eigenvalue weighted by atomic mass is 10.1. The Morgan fingerprint density at radius 1 is 1.36 bits per heavy atom. The summed E-state index contributed by atoms with van der Waals surface area (Å²) in [5, 5.41) is 3.61. The summed E-state index contributed by atoms with van der Waals surface area (Å²) in [4.78, 5) is 16.4. The second-order valence-electron chi connectivity index (χ2n) is 5.64. The molecule has 0 unspecified atom stereocenters. The van der Waals surface area contributed by atoms with E-state index in [9.17, 15) is 9.18 Å². The number of aryl methyl sites for hydroxylation is 2. The number of rotatable bonds is 6.